The second-order valence-corrected chi connectivity index (χ2v) is 7.89. The lowest BCUT2D eigenvalue weighted by molar-refractivity contribution is -0.111. The Morgan fingerprint density at radius 2 is 1.64 bits per heavy atom. The van der Waals surface area contributed by atoms with Crippen molar-refractivity contribution in [2.24, 2.45) is 0 Å². The summed E-state index contributed by atoms with van der Waals surface area (Å²) < 4.78 is 16.4. The third-order valence-electron chi connectivity index (χ3n) is 4.52. The Morgan fingerprint density at radius 1 is 0.909 bits per heavy atom. The van der Waals surface area contributed by atoms with E-state index in [0.717, 1.165) is 16.0 Å². The van der Waals surface area contributed by atoms with Crippen LogP contribution in [0.25, 0.3) is 16.5 Å². The van der Waals surface area contributed by atoms with E-state index < -0.39 is 5.97 Å². The van der Waals surface area contributed by atoms with Gasteiger partial charge in [0.2, 0.25) is 5.91 Å². The van der Waals surface area contributed by atoms with Crippen LogP contribution in [0.4, 0.5) is 5.00 Å². The van der Waals surface area contributed by atoms with Gasteiger partial charge in [0, 0.05) is 11.0 Å². The molecule has 1 heterocycles. The van der Waals surface area contributed by atoms with Crippen molar-refractivity contribution in [2.45, 2.75) is 20.8 Å². The van der Waals surface area contributed by atoms with Crippen LogP contribution in [0, 0.1) is 0 Å². The highest BCUT2D eigenvalue weighted by Gasteiger charge is 2.19. The highest BCUT2D eigenvalue weighted by Crippen LogP contribution is 2.36. The quantitative estimate of drug-likeness (QED) is 0.292. The molecule has 0 aliphatic heterocycles. The van der Waals surface area contributed by atoms with Crippen molar-refractivity contribution in [3.05, 3.63) is 71.8 Å². The standard InChI is InChI=1S/C26H27NO5S/c1-4-30-21-14-12-18(16-22(21)31-5-2)13-15-24(28)27-25-20(26(29)32-6-3)17-23(33-25)19-10-8-7-9-11-19/h7-17H,4-6H2,1-3H3,(H,27,28). The van der Waals surface area contributed by atoms with Crippen molar-refractivity contribution >= 4 is 34.3 Å². The summed E-state index contributed by atoms with van der Waals surface area (Å²) in [7, 11) is 0. The second kappa shape index (κ2) is 11.9. The fraction of sp³-hybridized carbons (Fsp3) is 0.231. The van der Waals surface area contributed by atoms with Gasteiger partial charge in [0.25, 0.3) is 0 Å². The summed E-state index contributed by atoms with van der Waals surface area (Å²) in [6.07, 6.45) is 3.10. The molecular formula is C26H27NO5S. The average molecular weight is 466 g/mol. The molecule has 6 nitrogen and oxygen atoms in total. The van der Waals surface area contributed by atoms with Gasteiger partial charge in [-0.15, -0.1) is 11.3 Å². The van der Waals surface area contributed by atoms with Gasteiger partial charge >= 0.3 is 5.97 Å². The Morgan fingerprint density at radius 3 is 2.33 bits per heavy atom. The smallest absolute Gasteiger partial charge is 0.341 e. The minimum atomic E-state index is -0.469. The van der Waals surface area contributed by atoms with Crippen LogP contribution in [0.5, 0.6) is 11.5 Å². The van der Waals surface area contributed by atoms with Crippen molar-refractivity contribution in [3.63, 3.8) is 0 Å². The number of anilines is 1. The van der Waals surface area contributed by atoms with E-state index in [2.05, 4.69) is 5.32 Å². The van der Waals surface area contributed by atoms with Crippen LogP contribution < -0.4 is 14.8 Å². The predicted octanol–water partition coefficient (Wildman–Crippen LogP) is 6.04. The SMILES string of the molecule is CCOC(=O)c1cc(-c2ccccc2)sc1NC(=O)C=Cc1ccc(OCC)c(OCC)c1. The lowest BCUT2D eigenvalue weighted by Crippen LogP contribution is -2.11. The third kappa shape index (κ3) is 6.46. The molecule has 0 atom stereocenters. The van der Waals surface area contributed by atoms with Crippen LogP contribution in [0.15, 0.2) is 60.7 Å². The summed E-state index contributed by atoms with van der Waals surface area (Å²) in [4.78, 5) is 26.0. The van der Waals surface area contributed by atoms with E-state index in [4.69, 9.17) is 14.2 Å². The molecule has 0 saturated carbocycles. The van der Waals surface area contributed by atoms with E-state index in [0.29, 0.717) is 35.3 Å². The third-order valence-corrected chi connectivity index (χ3v) is 5.62. The van der Waals surface area contributed by atoms with Gasteiger partial charge in [-0.05, 0) is 56.2 Å². The van der Waals surface area contributed by atoms with Gasteiger partial charge in [0.05, 0.1) is 25.4 Å². The number of rotatable bonds is 10. The number of esters is 1. The Labute approximate surface area is 197 Å². The molecular weight excluding hydrogens is 438 g/mol. The first-order valence-corrected chi connectivity index (χ1v) is 11.6. The molecule has 3 aromatic rings. The number of thiophene rings is 1. The van der Waals surface area contributed by atoms with Crippen LogP contribution in [0.3, 0.4) is 0 Å². The Balaban J connectivity index is 1.80. The zero-order chi connectivity index (χ0) is 23.6. The van der Waals surface area contributed by atoms with E-state index in [1.54, 1.807) is 19.1 Å². The number of ether oxygens (including phenoxy) is 3. The molecule has 0 radical (unpaired) electrons. The van der Waals surface area contributed by atoms with Crippen molar-refractivity contribution < 1.29 is 23.8 Å². The van der Waals surface area contributed by atoms with Crippen LogP contribution >= 0.6 is 11.3 Å². The highest BCUT2D eigenvalue weighted by atomic mass is 32.1. The normalized spacial score (nSPS) is 10.8. The molecule has 0 aliphatic rings. The van der Waals surface area contributed by atoms with Gasteiger partial charge in [-0.25, -0.2) is 4.79 Å². The fourth-order valence-corrected chi connectivity index (χ4v) is 4.14. The number of benzene rings is 2. The van der Waals surface area contributed by atoms with Gasteiger partial charge in [-0.3, -0.25) is 4.79 Å². The van der Waals surface area contributed by atoms with E-state index >= 15 is 0 Å². The van der Waals surface area contributed by atoms with Crippen LogP contribution in [-0.2, 0) is 9.53 Å². The number of nitrogens with one attached hydrogen (secondary N) is 1. The summed E-state index contributed by atoms with van der Waals surface area (Å²) in [6.45, 7) is 6.85. The Hall–Kier alpha value is -3.58. The molecule has 0 unspecified atom stereocenters. The number of hydrogen-bond donors (Lipinski definition) is 1. The Bertz CT molecular complexity index is 1120. The van der Waals surface area contributed by atoms with Gasteiger partial charge in [-0.1, -0.05) is 36.4 Å². The maximum atomic E-state index is 12.6. The van der Waals surface area contributed by atoms with Crippen LogP contribution in [0.2, 0.25) is 0 Å². The molecule has 33 heavy (non-hydrogen) atoms. The number of carbonyl (C=O) groups is 2. The monoisotopic (exact) mass is 465 g/mol. The molecule has 0 bridgehead atoms. The first kappa shape index (κ1) is 24.1. The molecule has 0 aliphatic carbocycles. The lowest BCUT2D eigenvalue weighted by atomic mass is 10.1. The second-order valence-electron chi connectivity index (χ2n) is 6.83. The molecule has 0 spiro atoms. The molecule has 1 amide bonds. The predicted molar refractivity (Wildman–Crippen MR) is 132 cm³/mol. The minimum absolute atomic E-state index is 0.253. The van der Waals surface area contributed by atoms with Crippen molar-refractivity contribution in [3.8, 4) is 21.9 Å². The van der Waals surface area contributed by atoms with Crippen LogP contribution in [-0.4, -0.2) is 31.7 Å². The Kier molecular flexibility index (Phi) is 8.66. The van der Waals surface area contributed by atoms with E-state index in [1.807, 2.05) is 62.4 Å². The molecule has 1 aromatic heterocycles. The zero-order valence-electron chi connectivity index (χ0n) is 18.9. The summed E-state index contributed by atoms with van der Waals surface area (Å²) in [5, 5.41) is 3.27. The fourth-order valence-electron chi connectivity index (χ4n) is 3.09. The van der Waals surface area contributed by atoms with Crippen LogP contribution in [0.1, 0.15) is 36.7 Å². The number of carbonyl (C=O) groups excluding carboxylic acids is 2. The average Bonchev–Trinajstić information content (AvgIpc) is 3.24. The van der Waals surface area contributed by atoms with Gasteiger partial charge in [-0.2, -0.15) is 0 Å². The molecule has 7 heteroatoms. The minimum Gasteiger partial charge on any atom is -0.490 e. The maximum absolute atomic E-state index is 12.6. The molecule has 3 rings (SSSR count). The summed E-state index contributed by atoms with van der Waals surface area (Å²) in [5.41, 5.74) is 2.09. The molecule has 2 aromatic carbocycles. The molecule has 0 fully saturated rings. The first-order valence-electron chi connectivity index (χ1n) is 10.8. The van der Waals surface area contributed by atoms with Gasteiger partial charge in [0.15, 0.2) is 11.5 Å². The molecule has 0 saturated heterocycles. The van der Waals surface area contributed by atoms with Crippen molar-refractivity contribution in [1.82, 2.24) is 0 Å². The van der Waals surface area contributed by atoms with Crippen molar-refractivity contribution in [2.75, 3.05) is 25.1 Å². The topological polar surface area (TPSA) is 73.9 Å². The van der Waals surface area contributed by atoms with E-state index in [1.165, 1.54) is 17.4 Å². The lowest BCUT2D eigenvalue weighted by Gasteiger charge is -2.11. The number of hydrogen-bond acceptors (Lipinski definition) is 6. The maximum Gasteiger partial charge on any atom is 0.341 e. The van der Waals surface area contributed by atoms with Crippen molar-refractivity contribution in [1.29, 1.82) is 0 Å². The summed E-state index contributed by atoms with van der Waals surface area (Å²) >= 11 is 1.33. The highest BCUT2D eigenvalue weighted by molar-refractivity contribution is 7.20. The molecule has 1 N–H and O–H groups in total. The van der Waals surface area contributed by atoms with E-state index in [-0.39, 0.29) is 12.5 Å². The van der Waals surface area contributed by atoms with Gasteiger partial charge < -0.3 is 19.5 Å². The first-order chi connectivity index (χ1) is 16.0. The number of amides is 1. The van der Waals surface area contributed by atoms with Gasteiger partial charge in [0.1, 0.15) is 5.00 Å². The van der Waals surface area contributed by atoms with E-state index in [9.17, 15) is 9.59 Å². The largest absolute Gasteiger partial charge is 0.490 e. The summed E-state index contributed by atoms with van der Waals surface area (Å²) in [6, 6.07) is 16.9. The zero-order valence-corrected chi connectivity index (χ0v) is 19.7. The molecule has 172 valence electrons. The summed E-state index contributed by atoms with van der Waals surface area (Å²) in [5.74, 6) is 0.459.